The second kappa shape index (κ2) is 8.68. The van der Waals surface area contributed by atoms with Gasteiger partial charge in [-0.2, -0.15) is 0 Å². The summed E-state index contributed by atoms with van der Waals surface area (Å²) in [6.45, 7) is 9.03. The summed E-state index contributed by atoms with van der Waals surface area (Å²) < 4.78 is 0. The van der Waals surface area contributed by atoms with Gasteiger partial charge in [0.25, 0.3) is 5.56 Å². The molecule has 0 saturated carbocycles. The molecule has 0 spiro atoms. The van der Waals surface area contributed by atoms with E-state index in [0.29, 0.717) is 12.1 Å². The summed E-state index contributed by atoms with van der Waals surface area (Å²) in [6.07, 6.45) is 1.56. The minimum Gasteiger partial charge on any atom is -0.364 e. The van der Waals surface area contributed by atoms with Crippen LogP contribution in [0.2, 0.25) is 0 Å². The van der Waals surface area contributed by atoms with Crippen molar-refractivity contribution < 1.29 is 0 Å². The van der Waals surface area contributed by atoms with Crippen molar-refractivity contribution in [3.8, 4) is 11.3 Å². The van der Waals surface area contributed by atoms with Gasteiger partial charge in [0.15, 0.2) is 0 Å². The van der Waals surface area contributed by atoms with E-state index >= 15 is 0 Å². The van der Waals surface area contributed by atoms with Crippen LogP contribution in [0.25, 0.3) is 21.5 Å². The Morgan fingerprint density at radius 2 is 1.82 bits per heavy atom. The highest BCUT2D eigenvalue weighted by Gasteiger charge is 2.28. The molecule has 1 fully saturated rings. The van der Waals surface area contributed by atoms with Crippen LogP contribution in [0.3, 0.4) is 0 Å². The molecule has 0 aliphatic carbocycles. The van der Waals surface area contributed by atoms with Gasteiger partial charge < -0.3 is 20.2 Å². The molecule has 0 radical (unpaired) electrons. The number of rotatable bonds is 5. The van der Waals surface area contributed by atoms with E-state index < -0.39 is 5.69 Å². The zero-order chi connectivity index (χ0) is 23.1. The first-order valence-corrected chi connectivity index (χ1v) is 12.3. The zero-order valence-corrected chi connectivity index (χ0v) is 20.0. The predicted octanol–water partition coefficient (Wildman–Crippen LogP) is 3.47. The number of H-pyrrole nitrogens is 3. The molecule has 33 heavy (non-hydrogen) atoms. The molecule has 1 aliphatic heterocycles. The Kier molecular flexibility index (Phi) is 5.72. The second-order valence-electron chi connectivity index (χ2n) is 8.90. The minimum absolute atomic E-state index is 0.138. The first kappa shape index (κ1) is 21.7. The maximum atomic E-state index is 11.8. The van der Waals surface area contributed by atoms with E-state index in [-0.39, 0.29) is 11.6 Å². The molecule has 4 heterocycles. The lowest BCUT2D eigenvalue weighted by Crippen LogP contribution is -2.53. The van der Waals surface area contributed by atoms with Gasteiger partial charge in [-0.05, 0) is 44.0 Å². The number of fused-ring (bicyclic) bond motifs is 1. The molecule has 1 aliphatic rings. The van der Waals surface area contributed by atoms with Crippen molar-refractivity contribution in [1.29, 1.82) is 0 Å². The SMILES string of the molecule is CCc1sc2[nH]c(-c3cc(C)cc(C)c3)cc2c1N1CCNCC1Cc1cc(=O)[nH]c(=O)[nH]1. The number of nitrogens with one attached hydrogen (secondary N) is 4. The quantitative estimate of drug-likeness (QED) is 0.364. The number of nitrogens with zero attached hydrogens (tertiary/aromatic N) is 1. The van der Waals surface area contributed by atoms with Crippen LogP contribution in [-0.4, -0.2) is 40.6 Å². The van der Waals surface area contributed by atoms with Crippen LogP contribution in [0.15, 0.2) is 39.9 Å². The molecule has 7 nitrogen and oxygen atoms in total. The molecule has 1 unspecified atom stereocenters. The zero-order valence-electron chi connectivity index (χ0n) is 19.2. The average Bonchev–Trinajstić information content (AvgIpc) is 3.30. The number of aromatic amines is 3. The summed E-state index contributed by atoms with van der Waals surface area (Å²) in [5.74, 6) is 0. The summed E-state index contributed by atoms with van der Waals surface area (Å²) in [6, 6.07) is 10.5. The van der Waals surface area contributed by atoms with E-state index in [2.05, 4.69) is 70.2 Å². The maximum absolute atomic E-state index is 11.8. The molecule has 4 N–H and O–H groups in total. The lowest BCUT2D eigenvalue weighted by molar-refractivity contribution is 0.470. The molecule has 8 heteroatoms. The fraction of sp³-hybridized carbons (Fsp3) is 0.360. The Bertz CT molecular complexity index is 1380. The largest absolute Gasteiger partial charge is 0.364 e. The number of hydrogen-bond donors (Lipinski definition) is 4. The number of hydrogen-bond acceptors (Lipinski definition) is 5. The average molecular weight is 464 g/mol. The predicted molar refractivity (Wildman–Crippen MR) is 136 cm³/mol. The highest BCUT2D eigenvalue weighted by Crippen LogP contribution is 2.42. The van der Waals surface area contributed by atoms with E-state index in [9.17, 15) is 9.59 Å². The highest BCUT2D eigenvalue weighted by molar-refractivity contribution is 7.19. The van der Waals surface area contributed by atoms with Crippen LogP contribution in [0, 0.1) is 13.8 Å². The van der Waals surface area contributed by atoms with Crippen LogP contribution in [0.4, 0.5) is 5.69 Å². The Balaban J connectivity index is 1.56. The van der Waals surface area contributed by atoms with Crippen LogP contribution in [0.1, 0.15) is 28.6 Å². The Morgan fingerprint density at radius 3 is 2.55 bits per heavy atom. The number of aromatic nitrogens is 3. The van der Waals surface area contributed by atoms with Gasteiger partial charge in [-0.25, -0.2) is 4.79 Å². The van der Waals surface area contributed by atoms with Crippen molar-refractivity contribution in [1.82, 2.24) is 20.3 Å². The van der Waals surface area contributed by atoms with Gasteiger partial charge in [0.1, 0.15) is 4.83 Å². The van der Waals surface area contributed by atoms with Crippen molar-refractivity contribution in [2.24, 2.45) is 0 Å². The van der Waals surface area contributed by atoms with Gasteiger partial charge >= 0.3 is 5.69 Å². The molecule has 0 amide bonds. The van der Waals surface area contributed by atoms with E-state index in [1.807, 2.05) is 11.3 Å². The number of benzene rings is 1. The summed E-state index contributed by atoms with van der Waals surface area (Å²) in [5.41, 5.74) is 5.98. The molecule has 0 bridgehead atoms. The van der Waals surface area contributed by atoms with Crippen LogP contribution >= 0.6 is 11.3 Å². The van der Waals surface area contributed by atoms with Gasteiger partial charge in [-0.1, -0.05) is 24.1 Å². The third-order valence-corrected chi connectivity index (χ3v) is 7.54. The number of thiophene rings is 1. The summed E-state index contributed by atoms with van der Waals surface area (Å²) in [5, 5.41) is 4.73. The summed E-state index contributed by atoms with van der Waals surface area (Å²) in [4.78, 5) is 37.3. The van der Waals surface area contributed by atoms with Crippen molar-refractivity contribution in [2.45, 2.75) is 39.7 Å². The van der Waals surface area contributed by atoms with Gasteiger partial charge in [-0.3, -0.25) is 9.78 Å². The minimum atomic E-state index is -0.455. The maximum Gasteiger partial charge on any atom is 0.325 e. The Hall–Kier alpha value is -3.10. The highest BCUT2D eigenvalue weighted by atomic mass is 32.1. The number of anilines is 1. The molecule has 4 aromatic rings. The third kappa shape index (κ3) is 4.28. The first-order chi connectivity index (χ1) is 15.9. The second-order valence-corrected chi connectivity index (χ2v) is 10.0. The normalized spacial score (nSPS) is 16.6. The summed E-state index contributed by atoms with van der Waals surface area (Å²) in [7, 11) is 0. The van der Waals surface area contributed by atoms with E-state index in [1.54, 1.807) is 0 Å². The Labute approximate surface area is 195 Å². The van der Waals surface area contributed by atoms with Crippen molar-refractivity contribution in [2.75, 3.05) is 24.5 Å². The molecule has 5 rings (SSSR count). The van der Waals surface area contributed by atoms with Crippen molar-refractivity contribution in [3.05, 3.63) is 72.9 Å². The molecule has 1 saturated heterocycles. The molecule has 3 aromatic heterocycles. The van der Waals surface area contributed by atoms with E-state index in [0.717, 1.165) is 31.7 Å². The Morgan fingerprint density at radius 1 is 1.03 bits per heavy atom. The van der Waals surface area contributed by atoms with Crippen LogP contribution < -0.4 is 21.5 Å². The fourth-order valence-corrected chi connectivity index (χ4v) is 6.12. The first-order valence-electron chi connectivity index (χ1n) is 11.4. The van der Waals surface area contributed by atoms with E-state index in [1.165, 1.54) is 43.5 Å². The summed E-state index contributed by atoms with van der Waals surface area (Å²) >= 11 is 1.82. The third-order valence-electron chi connectivity index (χ3n) is 6.29. The van der Waals surface area contributed by atoms with E-state index in [4.69, 9.17) is 0 Å². The lowest BCUT2D eigenvalue weighted by Gasteiger charge is -2.38. The molecule has 1 aromatic carbocycles. The van der Waals surface area contributed by atoms with Crippen LogP contribution in [0.5, 0.6) is 0 Å². The fourth-order valence-electron chi connectivity index (χ4n) is 4.97. The molecular formula is C25H29N5O2S. The topological polar surface area (TPSA) is 96.8 Å². The van der Waals surface area contributed by atoms with Crippen molar-refractivity contribution >= 4 is 27.2 Å². The number of piperazine rings is 1. The smallest absolute Gasteiger partial charge is 0.325 e. The lowest BCUT2D eigenvalue weighted by atomic mass is 10.0. The molecule has 172 valence electrons. The standard InChI is InChI=1S/C25H29N5O2S/c1-4-21-23(19-12-20(28-24(19)33-21)16-8-14(2)7-15(3)9-16)30-6-5-26-13-18(30)10-17-11-22(31)29-25(32)27-17/h7-9,11-12,18,26,28H,4-6,10,13H2,1-3H3,(H2,27,29,31,32). The van der Waals surface area contributed by atoms with Gasteiger partial charge in [-0.15, -0.1) is 11.3 Å². The van der Waals surface area contributed by atoms with Crippen LogP contribution in [-0.2, 0) is 12.8 Å². The van der Waals surface area contributed by atoms with Gasteiger partial charge in [0.05, 0.1) is 5.69 Å². The number of aryl methyl sites for hydroxylation is 3. The molecule has 1 atom stereocenters. The van der Waals surface area contributed by atoms with Gasteiger partial charge in [0, 0.05) is 59.8 Å². The van der Waals surface area contributed by atoms with Gasteiger partial charge in [0.2, 0.25) is 0 Å². The molecular weight excluding hydrogens is 434 g/mol. The van der Waals surface area contributed by atoms with Crippen molar-refractivity contribution in [3.63, 3.8) is 0 Å². The monoisotopic (exact) mass is 463 g/mol.